The number of halogens is 1. The first kappa shape index (κ1) is 11.6. The van der Waals surface area contributed by atoms with Crippen LogP contribution in [0.1, 0.15) is 12.8 Å². The molecule has 0 aromatic carbocycles. The first-order chi connectivity index (χ1) is 5.27. The van der Waals surface area contributed by atoms with Crippen LogP contribution in [-0.4, -0.2) is 43.1 Å². The van der Waals surface area contributed by atoms with E-state index in [4.69, 9.17) is 0 Å². The summed E-state index contributed by atoms with van der Waals surface area (Å²) in [6.45, 7) is 3.53. The fraction of sp³-hybridized carbons (Fsp3) is 1.00. The molecule has 0 unspecified atom stereocenters. The second kappa shape index (κ2) is 8.74. The Balaban J connectivity index is 2.80. The Morgan fingerprint density at radius 2 is 1.82 bits per heavy atom. The van der Waals surface area contributed by atoms with E-state index in [0.717, 1.165) is 6.54 Å². The highest BCUT2D eigenvalue weighted by Gasteiger charge is 1.89. The van der Waals surface area contributed by atoms with Gasteiger partial charge in [-0.05, 0) is 46.6 Å². The van der Waals surface area contributed by atoms with E-state index in [1.807, 2.05) is 0 Å². The van der Waals surface area contributed by atoms with Gasteiger partial charge in [0.2, 0.25) is 0 Å². The van der Waals surface area contributed by atoms with Crippen LogP contribution in [0.4, 0.5) is 0 Å². The van der Waals surface area contributed by atoms with Crippen LogP contribution < -0.4 is 5.32 Å². The van der Waals surface area contributed by atoms with Crippen molar-refractivity contribution in [2.75, 3.05) is 38.2 Å². The second-order valence-electron chi connectivity index (χ2n) is 2.95. The summed E-state index contributed by atoms with van der Waals surface area (Å²) in [6, 6.07) is 0. The van der Waals surface area contributed by atoms with Crippen LogP contribution in [-0.2, 0) is 0 Å². The molecule has 0 radical (unpaired) electrons. The van der Waals surface area contributed by atoms with Crippen molar-refractivity contribution in [1.82, 2.24) is 10.2 Å². The minimum Gasteiger partial charge on any atom is -0.317 e. The summed E-state index contributed by atoms with van der Waals surface area (Å²) in [5.74, 6) is 0. The Morgan fingerprint density at radius 3 is 2.36 bits per heavy atom. The summed E-state index contributed by atoms with van der Waals surface area (Å²) >= 11 is 2.41. The van der Waals surface area contributed by atoms with Gasteiger partial charge in [-0.3, -0.25) is 0 Å². The van der Waals surface area contributed by atoms with E-state index in [0.29, 0.717) is 0 Å². The Hall–Kier alpha value is 0.650. The van der Waals surface area contributed by atoms with Gasteiger partial charge in [0.1, 0.15) is 0 Å². The molecule has 0 spiro atoms. The molecule has 0 aliphatic carbocycles. The molecule has 0 rings (SSSR count). The van der Waals surface area contributed by atoms with Crippen molar-refractivity contribution < 1.29 is 0 Å². The first-order valence-corrected chi connectivity index (χ1v) is 5.71. The molecule has 0 saturated heterocycles. The largest absolute Gasteiger partial charge is 0.317 e. The van der Waals surface area contributed by atoms with Crippen molar-refractivity contribution in [2.45, 2.75) is 12.8 Å². The average molecular weight is 270 g/mol. The molecule has 0 aromatic rings. The second-order valence-corrected chi connectivity index (χ2v) is 4.03. The number of nitrogens with one attached hydrogen (secondary N) is 1. The van der Waals surface area contributed by atoms with Gasteiger partial charge in [0, 0.05) is 4.43 Å². The third-order valence-corrected chi connectivity index (χ3v) is 2.21. The molecule has 3 heteroatoms. The monoisotopic (exact) mass is 270 g/mol. The van der Waals surface area contributed by atoms with E-state index in [1.165, 1.54) is 30.4 Å². The van der Waals surface area contributed by atoms with E-state index >= 15 is 0 Å². The Bertz CT molecular complexity index is 76.5. The molecule has 0 aromatic heterocycles. The van der Waals surface area contributed by atoms with Gasteiger partial charge >= 0.3 is 0 Å². The molecule has 11 heavy (non-hydrogen) atoms. The maximum absolute atomic E-state index is 3.41. The number of nitrogens with zero attached hydrogens (tertiary/aromatic N) is 1. The molecule has 0 amide bonds. The fourth-order valence-electron chi connectivity index (χ4n) is 0.837. The zero-order valence-corrected chi connectivity index (χ0v) is 9.73. The predicted octanol–water partition coefficient (Wildman–Crippen LogP) is 1.35. The fourth-order valence-corrected chi connectivity index (χ4v) is 1.22. The van der Waals surface area contributed by atoms with Crippen molar-refractivity contribution >= 4 is 22.6 Å². The van der Waals surface area contributed by atoms with Gasteiger partial charge in [-0.25, -0.2) is 0 Å². The summed E-state index contributed by atoms with van der Waals surface area (Å²) in [4.78, 5) is 2.22. The number of rotatable bonds is 7. The molecule has 1 N–H and O–H groups in total. The van der Waals surface area contributed by atoms with E-state index in [1.54, 1.807) is 0 Å². The third-order valence-electron chi connectivity index (χ3n) is 1.45. The Kier molecular flexibility index (Phi) is 9.26. The molecule has 0 aliphatic rings. The van der Waals surface area contributed by atoms with Crippen molar-refractivity contribution in [1.29, 1.82) is 0 Å². The van der Waals surface area contributed by atoms with Gasteiger partial charge in [-0.15, -0.1) is 0 Å². The van der Waals surface area contributed by atoms with Gasteiger partial charge in [0.05, 0.1) is 0 Å². The standard InChI is InChI=1S/C8H19IN2/c1-11(2)8-4-7-10-6-3-5-9/h10H,3-8H2,1-2H3. The molecule has 0 atom stereocenters. The Labute approximate surface area is 83.9 Å². The lowest BCUT2D eigenvalue weighted by molar-refractivity contribution is 0.395. The third kappa shape index (κ3) is 10.7. The summed E-state index contributed by atoms with van der Waals surface area (Å²) in [5.41, 5.74) is 0. The van der Waals surface area contributed by atoms with Crippen LogP contribution in [0, 0.1) is 0 Å². The van der Waals surface area contributed by atoms with Crippen LogP contribution in [0.2, 0.25) is 0 Å². The Morgan fingerprint density at radius 1 is 1.18 bits per heavy atom. The number of hydrogen-bond donors (Lipinski definition) is 1. The lowest BCUT2D eigenvalue weighted by Crippen LogP contribution is -2.22. The summed E-state index contributed by atoms with van der Waals surface area (Å²) < 4.78 is 1.26. The highest BCUT2D eigenvalue weighted by atomic mass is 127. The van der Waals surface area contributed by atoms with Crippen LogP contribution >= 0.6 is 22.6 Å². The van der Waals surface area contributed by atoms with E-state index in [9.17, 15) is 0 Å². The van der Waals surface area contributed by atoms with Gasteiger partial charge < -0.3 is 10.2 Å². The molecule has 2 nitrogen and oxygen atoms in total. The minimum atomic E-state index is 1.16. The first-order valence-electron chi connectivity index (χ1n) is 4.19. The van der Waals surface area contributed by atoms with Gasteiger partial charge in [-0.1, -0.05) is 22.6 Å². The predicted molar refractivity (Wildman–Crippen MR) is 59.5 cm³/mol. The van der Waals surface area contributed by atoms with Crippen LogP contribution in [0.15, 0.2) is 0 Å². The normalized spacial score (nSPS) is 10.9. The van der Waals surface area contributed by atoms with Crippen molar-refractivity contribution in [2.24, 2.45) is 0 Å². The number of hydrogen-bond acceptors (Lipinski definition) is 2. The maximum Gasteiger partial charge on any atom is 0.000735 e. The summed E-state index contributed by atoms with van der Waals surface area (Å²) in [7, 11) is 4.23. The summed E-state index contributed by atoms with van der Waals surface area (Å²) in [5, 5.41) is 3.41. The maximum atomic E-state index is 3.41. The van der Waals surface area contributed by atoms with Crippen molar-refractivity contribution in [3.63, 3.8) is 0 Å². The molecule has 0 heterocycles. The summed E-state index contributed by atoms with van der Waals surface area (Å²) in [6.07, 6.45) is 2.55. The van der Waals surface area contributed by atoms with Crippen LogP contribution in [0.3, 0.4) is 0 Å². The van der Waals surface area contributed by atoms with Crippen molar-refractivity contribution in [3.8, 4) is 0 Å². The molecular formula is C8H19IN2. The number of alkyl halides is 1. The quantitative estimate of drug-likeness (QED) is 0.427. The molecule has 0 saturated carbocycles. The zero-order valence-electron chi connectivity index (χ0n) is 7.57. The van der Waals surface area contributed by atoms with Crippen molar-refractivity contribution in [3.05, 3.63) is 0 Å². The van der Waals surface area contributed by atoms with Gasteiger partial charge in [0.15, 0.2) is 0 Å². The molecule has 0 aliphatic heterocycles. The smallest absolute Gasteiger partial charge is 0.000735 e. The minimum absolute atomic E-state index is 1.16. The van der Waals surface area contributed by atoms with E-state index in [-0.39, 0.29) is 0 Å². The molecular weight excluding hydrogens is 251 g/mol. The van der Waals surface area contributed by atoms with Gasteiger partial charge in [-0.2, -0.15) is 0 Å². The average Bonchev–Trinajstić information content (AvgIpc) is 1.96. The van der Waals surface area contributed by atoms with E-state index < -0.39 is 0 Å². The topological polar surface area (TPSA) is 15.3 Å². The molecule has 0 bridgehead atoms. The highest BCUT2D eigenvalue weighted by Crippen LogP contribution is 1.86. The highest BCUT2D eigenvalue weighted by molar-refractivity contribution is 14.1. The lowest BCUT2D eigenvalue weighted by atomic mass is 10.4. The van der Waals surface area contributed by atoms with E-state index in [2.05, 4.69) is 46.9 Å². The molecule has 68 valence electrons. The lowest BCUT2D eigenvalue weighted by Gasteiger charge is -2.09. The molecule has 0 fully saturated rings. The van der Waals surface area contributed by atoms with Crippen LogP contribution in [0.5, 0.6) is 0 Å². The van der Waals surface area contributed by atoms with Gasteiger partial charge in [0.25, 0.3) is 0 Å². The zero-order chi connectivity index (χ0) is 8.53. The van der Waals surface area contributed by atoms with Crippen LogP contribution in [0.25, 0.3) is 0 Å². The SMILES string of the molecule is CN(C)CCCNCCCI.